The molecule has 2 rings (SSSR count). The molecule has 112 valence electrons. The standard InChI is InChI=1S/C16H32N2O/c1-13(2)12-19-11-5-10-18-15-7-3-6-14(15)16-8-4-9-17-16/h13-18H,3-12H2,1-2H3. The molecule has 1 heterocycles. The molecule has 1 aliphatic heterocycles. The van der Waals surface area contributed by atoms with Crippen LogP contribution in [0.2, 0.25) is 0 Å². The lowest BCUT2D eigenvalue weighted by Gasteiger charge is -2.26. The van der Waals surface area contributed by atoms with Crippen LogP contribution >= 0.6 is 0 Å². The zero-order chi connectivity index (χ0) is 13.5. The van der Waals surface area contributed by atoms with Gasteiger partial charge in [-0.2, -0.15) is 0 Å². The molecule has 0 amide bonds. The SMILES string of the molecule is CC(C)COCCCNC1CCCC1C1CCCN1. The first-order valence-corrected chi connectivity index (χ1v) is 8.32. The van der Waals surface area contributed by atoms with Crippen molar-refractivity contribution in [2.24, 2.45) is 11.8 Å². The minimum atomic E-state index is 0.653. The molecule has 2 N–H and O–H groups in total. The summed E-state index contributed by atoms with van der Waals surface area (Å²) < 4.78 is 5.63. The second-order valence-electron chi connectivity index (χ2n) is 6.68. The predicted octanol–water partition coefficient (Wildman–Crippen LogP) is 2.56. The summed E-state index contributed by atoms with van der Waals surface area (Å²) in [4.78, 5) is 0. The monoisotopic (exact) mass is 268 g/mol. The van der Waals surface area contributed by atoms with Crippen LogP contribution in [0.1, 0.15) is 52.4 Å². The lowest BCUT2D eigenvalue weighted by atomic mass is 9.93. The molecule has 3 heteroatoms. The van der Waals surface area contributed by atoms with Crippen LogP contribution in [0, 0.1) is 11.8 Å². The zero-order valence-corrected chi connectivity index (χ0v) is 12.8. The first-order valence-electron chi connectivity index (χ1n) is 8.32. The summed E-state index contributed by atoms with van der Waals surface area (Å²) in [6.45, 7) is 8.57. The minimum absolute atomic E-state index is 0.653. The highest BCUT2D eigenvalue weighted by Gasteiger charge is 2.34. The maximum atomic E-state index is 5.63. The highest BCUT2D eigenvalue weighted by Crippen LogP contribution is 2.31. The van der Waals surface area contributed by atoms with E-state index in [4.69, 9.17) is 4.74 Å². The Morgan fingerprint density at radius 1 is 1.21 bits per heavy atom. The van der Waals surface area contributed by atoms with E-state index in [2.05, 4.69) is 24.5 Å². The van der Waals surface area contributed by atoms with Gasteiger partial charge in [0.05, 0.1) is 0 Å². The minimum Gasteiger partial charge on any atom is -0.381 e. The Bertz CT molecular complexity index is 239. The molecule has 19 heavy (non-hydrogen) atoms. The normalized spacial score (nSPS) is 31.4. The Balaban J connectivity index is 1.56. The average molecular weight is 268 g/mol. The number of ether oxygens (including phenoxy) is 1. The quantitative estimate of drug-likeness (QED) is 0.664. The van der Waals surface area contributed by atoms with Gasteiger partial charge in [0.1, 0.15) is 0 Å². The third kappa shape index (κ3) is 5.05. The van der Waals surface area contributed by atoms with Gasteiger partial charge in [0.15, 0.2) is 0 Å². The molecule has 0 radical (unpaired) electrons. The molecule has 0 spiro atoms. The van der Waals surface area contributed by atoms with Gasteiger partial charge in [0, 0.05) is 25.3 Å². The summed E-state index contributed by atoms with van der Waals surface area (Å²) in [7, 11) is 0. The van der Waals surface area contributed by atoms with Crippen molar-refractivity contribution in [1.82, 2.24) is 10.6 Å². The second-order valence-corrected chi connectivity index (χ2v) is 6.68. The van der Waals surface area contributed by atoms with Crippen LogP contribution in [-0.2, 0) is 4.74 Å². The average Bonchev–Trinajstić information content (AvgIpc) is 3.03. The summed E-state index contributed by atoms with van der Waals surface area (Å²) in [5.41, 5.74) is 0. The van der Waals surface area contributed by atoms with Crippen LogP contribution in [0.4, 0.5) is 0 Å². The number of hydrogen-bond donors (Lipinski definition) is 2. The van der Waals surface area contributed by atoms with Gasteiger partial charge in [0.25, 0.3) is 0 Å². The van der Waals surface area contributed by atoms with Crippen LogP contribution in [-0.4, -0.2) is 38.4 Å². The van der Waals surface area contributed by atoms with Gasteiger partial charge in [-0.15, -0.1) is 0 Å². The Morgan fingerprint density at radius 2 is 2.11 bits per heavy atom. The molecule has 2 fully saturated rings. The van der Waals surface area contributed by atoms with Gasteiger partial charge in [-0.3, -0.25) is 0 Å². The largest absolute Gasteiger partial charge is 0.381 e. The molecule has 1 saturated carbocycles. The first kappa shape index (κ1) is 15.3. The molecule has 3 atom stereocenters. The molecule has 0 aromatic rings. The molecule has 0 aromatic carbocycles. The van der Waals surface area contributed by atoms with Crippen molar-refractivity contribution < 1.29 is 4.74 Å². The van der Waals surface area contributed by atoms with E-state index >= 15 is 0 Å². The molecule has 1 aliphatic carbocycles. The highest BCUT2D eigenvalue weighted by atomic mass is 16.5. The van der Waals surface area contributed by atoms with Crippen molar-refractivity contribution in [2.75, 3.05) is 26.3 Å². The Labute approximate surface area is 118 Å². The zero-order valence-electron chi connectivity index (χ0n) is 12.8. The Kier molecular flexibility index (Phi) is 6.62. The topological polar surface area (TPSA) is 33.3 Å². The fourth-order valence-electron chi connectivity index (χ4n) is 3.58. The Morgan fingerprint density at radius 3 is 2.84 bits per heavy atom. The van der Waals surface area contributed by atoms with Crippen molar-refractivity contribution >= 4 is 0 Å². The Hall–Kier alpha value is -0.120. The molecule has 2 aliphatic rings. The van der Waals surface area contributed by atoms with Crippen LogP contribution < -0.4 is 10.6 Å². The van der Waals surface area contributed by atoms with Gasteiger partial charge in [-0.05, 0) is 57.0 Å². The predicted molar refractivity (Wildman–Crippen MR) is 80.4 cm³/mol. The van der Waals surface area contributed by atoms with E-state index in [0.717, 1.165) is 44.2 Å². The second kappa shape index (κ2) is 8.23. The van der Waals surface area contributed by atoms with E-state index in [0.29, 0.717) is 5.92 Å². The van der Waals surface area contributed by atoms with E-state index in [1.807, 2.05) is 0 Å². The van der Waals surface area contributed by atoms with E-state index in [1.54, 1.807) is 0 Å². The van der Waals surface area contributed by atoms with E-state index in [-0.39, 0.29) is 0 Å². The molecule has 1 saturated heterocycles. The van der Waals surface area contributed by atoms with Crippen molar-refractivity contribution in [3.8, 4) is 0 Å². The molecular weight excluding hydrogens is 236 g/mol. The highest BCUT2D eigenvalue weighted by molar-refractivity contribution is 4.93. The fourth-order valence-corrected chi connectivity index (χ4v) is 3.58. The van der Waals surface area contributed by atoms with Crippen molar-refractivity contribution in [3.63, 3.8) is 0 Å². The van der Waals surface area contributed by atoms with E-state index < -0.39 is 0 Å². The van der Waals surface area contributed by atoms with E-state index in [1.165, 1.54) is 38.6 Å². The maximum absolute atomic E-state index is 5.63. The number of nitrogens with one attached hydrogen (secondary N) is 2. The van der Waals surface area contributed by atoms with Crippen LogP contribution in [0.15, 0.2) is 0 Å². The van der Waals surface area contributed by atoms with E-state index in [9.17, 15) is 0 Å². The smallest absolute Gasteiger partial charge is 0.0489 e. The fraction of sp³-hybridized carbons (Fsp3) is 1.00. The van der Waals surface area contributed by atoms with Crippen LogP contribution in [0.3, 0.4) is 0 Å². The third-order valence-electron chi connectivity index (χ3n) is 4.51. The lowest BCUT2D eigenvalue weighted by molar-refractivity contribution is 0.107. The molecule has 3 nitrogen and oxygen atoms in total. The number of rotatable bonds is 8. The third-order valence-corrected chi connectivity index (χ3v) is 4.51. The summed E-state index contributed by atoms with van der Waals surface area (Å²) in [6.07, 6.45) is 8.10. The van der Waals surface area contributed by atoms with Crippen molar-refractivity contribution in [2.45, 2.75) is 64.5 Å². The first-order chi connectivity index (χ1) is 9.27. The van der Waals surface area contributed by atoms with Crippen LogP contribution in [0.5, 0.6) is 0 Å². The van der Waals surface area contributed by atoms with Gasteiger partial charge in [-0.1, -0.05) is 20.3 Å². The van der Waals surface area contributed by atoms with Gasteiger partial charge in [0.2, 0.25) is 0 Å². The van der Waals surface area contributed by atoms with Gasteiger partial charge >= 0.3 is 0 Å². The summed E-state index contributed by atoms with van der Waals surface area (Å²) >= 11 is 0. The lowest BCUT2D eigenvalue weighted by Crippen LogP contribution is -2.42. The summed E-state index contributed by atoms with van der Waals surface area (Å²) in [5.74, 6) is 1.53. The molecular formula is C16H32N2O. The van der Waals surface area contributed by atoms with Gasteiger partial charge < -0.3 is 15.4 Å². The van der Waals surface area contributed by atoms with Gasteiger partial charge in [-0.25, -0.2) is 0 Å². The molecule has 0 bridgehead atoms. The summed E-state index contributed by atoms with van der Waals surface area (Å²) in [5, 5.41) is 7.46. The number of hydrogen-bond acceptors (Lipinski definition) is 3. The molecule has 0 aromatic heterocycles. The van der Waals surface area contributed by atoms with Crippen molar-refractivity contribution in [1.29, 1.82) is 0 Å². The maximum Gasteiger partial charge on any atom is 0.0489 e. The van der Waals surface area contributed by atoms with Crippen molar-refractivity contribution in [3.05, 3.63) is 0 Å². The molecule has 3 unspecified atom stereocenters. The van der Waals surface area contributed by atoms with Crippen LogP contribution in [0.25, 0.3) is 0 Å². The summed E-state index contributed by atoms with van der Waals surface area (Å²) in [6, 6.07) is 1.54.